The third-order valence-electron chi connectivity index (χ3n) is 3.07. The Morgan fingerprint density at radius 3 is 2.57 bits per heavy atom. The highest BCUT2D eigenvalue weighted by Crippen LogP contribution is 2.17. The average Bonchev–Trinajstić information content (AvgIpc) is 2.47. The zero-order chi connectivity index (χ0) is 15.2. The van der Waals surface area contributed by atoms with E-state index in [9.17, 15) is 9.90 Å². The molecule has 21 heavy (non-hydrogen) atoms. The molecule has 0 aromatic heterocycles. The normalized spacial score (nSPS) is 10.6. The van der Waals surface area contributed by atoms with E-state index in [4.69, 9.17) is 0 Å². The Hall–Kier alpha value is -2.75. The van der Waals surface area contributed by atoms with Crippen LogP contribution in [-0.2, 0) is 0 Å². The molecule has 0 saturated carbocycles. The van der Waals surface area contributed by atoms with Crippen LogP contribution < -0.4 is 10.2 Å². The van der Waals surface area contributed by atoms with Gasteiger partial charge in [-0.2, -0.15) is 0 Å². The van der Waals surface area contributed by atoms with Crippen LogP contribution in [0, 0.1) is 6.92 Å². The second-order valence-electron chi connectivity index (χ2n) is 4.77. The molecule has 0 atom stereocenters. The molecular formula is C17H18N2O2. The Morgan fingerprint density at radius 1 is 1.19 bits per heavy atom. The molecule has 2 aromatic carbocycles. The summed E-state index contributed by atoms with van der Waals surface area (Å²) in [6.45, 7) is 2.02. The summed E-state index contributed by atoms with van der Waals surface area (Å²) in [6, 6.07) is 14.2. The number of rotatable bonds is 3. The summed E-state index contributed by atoms with van der Waals surface area (Å²) in [5.74, 6) is 0.173. The van der Waals surface area contributed by atoms with Gasteiger partial charge < -0.3 is 10.4 Å². The van der Waals surface area contributed by atoms with Crippen molar-refractivity contribution in [3.63, 3.8) is 0 Å². The van der Waals surface area contributed by atoms with E-state index in [1.54, 1.807) is 37.5 Å². The molecule has 0 heterocycles. The van der Waals surface area contributed by atoms with Crippen molar-refractivity contribution >= 4 is 17.8 Å². The van der Waals surface area contributed by atoms with Crippen molar-refractivity contribution in [2.75, 3.05) is 11.9 Å². The number of hydrogen-bond donors (Lipinski definition) is 2. The number of hydrogen-bond acceptors (Lipinski definition) is 2. The van der Waals surface area contributed by atoms with Crippen LogP contribution in [-0.4, -0.2) is 18.2 Å². The van der Waals surface area contributed by atoms with Gasteiger partial charge in [0.15, 0.2) is 0 Å². The summed E-state index contributed by atoms with van der Waals surface area (Å²) in [6.07, 6.45) is 3.46. The molecule has 2 aromatic rings. The summed E-state index contributed by atoms with van der Waals surface area (Å²) in [5, 5.41) is 11.9. The van der Waals surface area contributed by atoms with Gasteiger partial charge in [0.2, 0.25) is 0 Å². The van der Waals surface area contributed by atoms with Gasteiger partial charge in [0.05, 0.1) is 0 Å². The van der Waals surface area contributed by atoms with Gasteiger partial charge in [0.1, 0.15) is 5.75 Å². The van der Waals surface area contributed by atoms with Gasteiger partial charge in [-0.05, 0) is 42.8 Å². The van der Waals surface area contributed by atoms with E-state index in [0.717, 1.165) is 5.56 Å². The molecule has 0 aliphatic heterocycles. The average molecular weight is 282 g/mol. The van der Waals surface area contributed by atoms with Crippen molar-refractivity contribution < 1.29 is 9.90 Å². The lowest BCUT2D eigenvalue weighted by Gasteiger charge is -2.16. The van der Waals surface area contributed by atoms with Crippen LogP contribution in [0.3, 0.4) is 0 Å². The second-order valence-corrected chi connectivity index (χ2v) is 4.77. The monoisotopic (exact) mass is 282 g/mol. The third-order valence-corrected chi connectivity index (χ3v) is 3.07. The minimum Gasteiger partial charge on any atom is -0.508 e. The Bertz CT molecular complexity index is 648. The van der Waals surface area contributed by atoms with E-state index >= 15 is 0 Å². The minimum atomic E-state index is -0.246. The Morgan fingerprint density at radius 2 is 1.90 bits per heavy atom. The lowest BCUT2D eigenvalue weighted by Crippen LogP contribution is -2.34. The summed E-state index contributed by atoms with van der Waals surface area (Å²) in [5.41, 5.74) is 2.90. The third kappa shape index (κ3) is 4.11. The lowest BCUT2D eigenvalue weighted by molar-refractivity contribution is 0.250. The van der Waals surface area contributed by atoms with Crippen LogP contribution in [0.1, 0.15) is 11.1 Å². The molecule has 0 unspecified atom stereocenters. The van der Waals surface area contributed by atoms with E-state index in [0.29, 0.717) is 5.69 Å². The first-order chi connectivity index (χ1) is 10.1. The Kier molecular flexibility index (Phi) is 4.61. The molecule has 4 heteroatoms. The molecule has 4 nitrogen and oxygen atoms in total. The van der Waals surface area contributed by atoms with E-state index in [-0.39, 0.29) is 11.8 Å². The molecule has 2 rings (SSSR count). The molecular weight excluding hydrogens is 264 g/mol. The van der Waals surface area contributed by atoms with Crippen LogP contribution in [0.5, 0.6) is 5.75 Å². The van der Waals surface area contributed by atoms with E-state index in [1.807, 2.05) is 37.3 Å². The van der Waals surface area contributed by atoms with Crippen LogP contribution in [0.25, 0.3) is 6.08 Å². The molecule has 2 amide bonds. The zero-order valence-electron chi connectivity index (χ0n) is 12.1. The number of aryl methyl sites for hydroxylation is 1. The smallest absolute Gasteiger partial charge is 0.325 e. The minimum absolute atomic E-state index is 0.173. The number of amides is 2. The number of phenolic OH excluding ortho intramolecular Hbond substituents is 1. The van der Waals surface area contributed by atoms with Crippen molar-refractivity contribution in [1.82, 2.24) is 5.32 Å². The number of urea groups is 1. The molecule has 2 N–H and O–H groups in total. The molecule has 108 valence electrons. The highest BCUT2D eigenvalue weighted by molar-refractivity contribution is 5.92. The zero-order valence-corrected chi connectivity index (χ0v) is 12.1. The van der Waals surface area contributed by atoms with Crippen LogP contribution in [0.4, 0.5) is 10.5 Å². The van der Waals surface area contributed by atoms with Crippen molar-refractivity contribution in [1.29, 1.82) is 0 Å². The summed E-state index contributed by atoms with van der Waals surface area (Å²) in [7, 11) is 1.67. The molecule has 0 radical (unpaired) electrons. The molecule has 0 aliphatic rings. The molecule has 0 fully saturated rings. The molecule has 0 saturated heterocycles. The standard InChI is InChI=1S/C17H18N2O2/c1-13-4-3-5-14(12-13)10-11-18-17(21)19(2)15-6-8-16(20)9-7-15/h3-12,20H,1-2H3,(H,18,21)/b11-10+. The highest BCUT2D eigenvalue weighted by Gasteiger charge is 2.08. The summed E-state index contributed by atoms with van der Waals surface area (Å²) >= 11 is 0. The largest absolute Gasteiger partial charge is 0.508 e. The molecule has 0 spiro atoms. The first-order valence-corrected chi connectivity index (χ1v) is 6.63. The fourth-order valence-electron chi connectivity index (χ4n) is 1.87. The maximum Gasteiger partial charge on any atom is 0.325 e. The SMILES string of the molecule is Cc1cccc(/C=C/NC(=O)N(C)c2ccc(O)cc2)c1. The Balaban J connectivity index is 1.96. The molecule has 0 aliphatic carbocycles. The second kappa shape index (κ2) is 6.61. The van der Waals surface area contributed by atoms with Gasteiger partial charge in [0.25, 0.3) is 0 Å². The van der Waals surface area contributed by atoms with Gasteiger partial charge in [-0.3, -0.25) is 4.90 Å². The number of benzene rings is 2. The van der Waals surface area contributed by atoms with Crippen molar-refractivity contribution in [3.8, 4) is 5.75 Å². The van der Waals surface area contributed by atoms with Crippen LogP contribution in [0.2, 0.25) is 0 Å². The van der Waals surface area contributed by atoms with Crippen molar-refractivity contribution in [2.45, 2.75) is 6.92 Å². The number of nitrogens with zero attached hydrogens (tertiary/aromatic N) is 1. The van der Waals surface area contributed by atoms with Gasteiger partial charge in [-0.15, -0.1) is 0 Å². The number of phenols is 1. The number of anilines is 1. The van der Waals surface area contributed by atoms with Gasteiger partial charge in [-0.25, -0.2) is 4.79 Å². The van der Waals surface area contributed by atoms with E-state index in [1.165, 1.54) is 10.5 Å². The van der Waals surface area contributed by atoms with Crippen molar-refractivity contribution in [2.24, 2.45) is 0 Å². The number of carbonyl (C=O) groups excluding carboxylic acids is 1. The maximum atomic E-state index is 12.0. The number of carbonyl (C=O) groups is 1. The van der Waals surface area contributed by atoms with Crippen LogP contribution in [0.15, 0.2) is 54.7 Å². The summed E-state index contributed by atoms with van der Waals surface area (Å²) < 4.78 is 0. The van der Waals surface area contributed by atoms with Gasteiger partial charge >= 0.3 is 6.03 Å². The first-order valence-electron chi connectivity index (χ1n) is 6.63. The predicted molar refractivity (Wildman–Crippen MR) is 85.3 cm³/mol. The lowest BCUT2D eigenvalue weighted by atomic mass is 10.1. The fourth-order valence-corrected chi connectivity index (χ4v) is 1.87. The maximum absolute atomic E-state index is 12.0. The number of aromatic hydroxyl groups is 1. The quantitative estimate of drug-likeness (QED) is 0.905. The Labute approximate surface area is 124 Å². The predicted octanol–water partition coefficient (Wildman–Crippen LogP) is 3.52. The fraction of sp³-hybridized carbons (Fsp3) is 0.118. The van der Waals surface area contributed by atoms with Gasteiger partial charge in [0, 0.05) is 18.9 Å². The van der Waals surface area contributed by atoms with Gasteiger partial charge in [-0.1, -0.05) is 29.8 Å². The summed E-state index contributed by atoms with van der Waals surface area (Å²) in [4.78, 5) is 13.5. The van der Waals surface area contributed by atoms with E-state index < -0.39 is 0 Å². The van der Waals surface area contributed by atoms with Crippen molar-refractivity contribution in [3.05, 3.63) is 65.9 Å². The highest BCUT2D eigenvalue weighted by atomic mass is 16.3. The van der Waals surface area contributed by atoms with Crippen LogP contribution >= 0.6 is 0 Å². The first kappa shape index (κ1) is 14.7. The number of nitrogens with one attached hydrogen (secondary N) is 1. The van der Waals surface area contributed by atoms with E-state index in [2.05, 4.69) is 5.32 Å². The molecule has 0 bridgehead atoms. The topological polar surface area (TPSA) is 52.6 Å².